The van der Waals surface area contributed by atoms with Crippen molar-refractivity contribution in [2.75, 3.05) is 6.61 Å². The van der Waals surface area contributed by atoms with Gasteiger partial charge in [0.05, 0.1) is 12.2 Å². The SMILES string of the molecule is CC[C@]12CCC3C4CCC(=O)C=C4C4CC4C3C1CCC21C=CCO1. The van der Waals surface area contributed by atoms with Gasteiger partial charge in [-0.1, -0.05) is 24.6 Å². The standard InChI is InChI=1S/C23H30O2/c1-2-22-9-6-16-15-5-4-14(24)12-17(15)18-13-19(18)21(16)20(22)7-10-23(22)8-3-11-25-23/h3,8,12,15-16,18-21H,2,4-7,9-11,13H2,1H3/t15?,16?,18?,19?,20?,21?,22-,23?/m0/s1. The van der Waals surface area contributed by atoms with E-state index in [4.69, 9.17) is 4.74 Å². The van der Waals surface area contributed by atoms with Gasteiger partial charge in [0.1, 0.15) is 0 Å². The molecule has 1 heterocycles. The van der Waals surface area contributed by atoms with Crippen molar-refractivity contribution in [3.05, 3.63) is 23.8 Å². The van der Waals surface area contributed by atoms with Gasteiger partial charge in [-0.2, -0.15) is 0 Å². The maximum atomic E-state index is 12.0. The predicted octanol–water partition coefficient (Wildman–Crippen LogP) is 4.70. The minimum absolute atomic E-state index is 0.0560. The topological polar surface area (TPSA) is 26.3 Å². The van der Waals surface area contributed by atoms with Crippen molar-refractivity contribution in [1.82, 2.24) is 0 Å². The van der Waals surface area contributed by atoms with Gasteiger partial charge < -0.3 is 4.74 Å². The molecule has 0 aromatic heterocycles. The second kappa shape index (κ2) is 4.88. The van der Waals surface area contributed by atoms with E-state index in [1.165, 1.54) is 38.5 Å². The minimum Gasteiger partial charge on any atom is -0.366 e. The van der Waals surface area contributed by atoms with E-state index >= 15 is 0 Å². The van der Waals surface area contributed by atoms with E-state index in [1.807, 2.05) is 0 Å². The molecule has 0 aromatic rings. The van der Waals surface area contributed by atoms with Crippen LogP contribution in [0.5, 0.6) is 0 Å². The number of ether oxygens (including phenoxy) is 1. The average molecular weight is 338 g/mol. The predicted molar refractivity (Wildman–Crippen MR) is 96.9 cm³/mol. The Morgan fingerprint density at radius 3 is 2.88 bits per heavy atom. The van der Waals surface area contributed by atoms with Gasteiger partial charge in [0, 0.05) is 11.8 Å². The number of carbonyl (C=O) groups excluding carboxylic acids is 1. The zero-order valence-corrected chi connectivity index (χ0v) is 15.4. The molecule has 2 nitrogen and oxygen atoms in total. The fraction of sp³-hybridized carbons (Fsp3) is 0.783. The molecular weight excluding hydrogens is 308 g/mol. The molecule has 0 N–H and O–H groups in total. The van der Waals surface area contributed by atoms with Crippen LogP contribution in [-0.2, 0) is 9.53 Å². The molecule has 1 aliphatic heterocycles. The van der Waals surface area contributed by atoms with Crippen molar-refractivity contribution in [2.24, 2.45) is 40.9 Å². The Morgan fingerprint density at radius 1 is 1.16 bits per heavy atom. The van der Waals surface area contributed by atoms with Crippen LogP contribution in [0.4, 0.5) is 0 Å². The molecule has 2 heteroatoms. The van der Waals surface area contributed by atoms with E-state index in [2.05, 4.69) is 25.2 Å². The summed E-state index contributed by atoms with van der Waals surface area (Å²) in [7, 11) is 0. The first-order valence-electron chi connectivity index (χ1n) is 10.7. The van der Waals surface area contributed by atoms with E-state index in [-0.39, 0.29) is 5.60 Å². The van der Waals surface area contributed by atoms with Gasteiger partial charge >= 0.3 is 0 Å². The lowest BCUT2D eigenvalue weighted by atomic mass is 9.49. The van der Waals surface area contributed by atoms with Crippen molar-refractivity contribution in [3.8, 4) is 0 Å². The third kappa shape index (κ3) is 1.73. The summed E-state index contributed by atoms with van der Waals surface area (Å²) in [5.41, 5.74) is 2.02. The fourth-order valence-electron chi connectivity index (χ4n) is 8.55. The maximum absolute atomic E-state index is 12.0. The second-order valence-corrected chi connectivity index (χ2v) is 9.80. The first kappa shape index (κ1) is 15.2. The number of rotatable bonds is 1. The van der Waals surface area contributed by atoms with Crippen LogP contribution in [0.25, 0.3) is 0 Å². The van der Waals surface area contributed by atoms with E-state index in [0.29, 0.717) is 11.2 Å². The van der Waals surface area contributed by atoms with Gasteiger partial charge in [-0.05, 0) is 86.5 Å². The summed E-state index contributed by atoms with van der Waals surface area (Å²) in [6.07, 6.45) is 16.7. The first-order valence-corrected chi connectivity index (χ1v) is 10.7. The van der Waals surface area contributed by atoms with Gasteiger partial charge in [0.2, 0.25) is 0 Å². The summed E-state index contributed by atoms with van der Waals surface area (Å²) in [5, 5.41) is 0. The van der Waals surface area contributed by atoms with Crippen LogP contribution in [0.1, 0.15) is 58.3 Å². The highest BCUT2D eigenvalue weighted by molar-refractivity contribution is 5.91. The number of allylic oxidation sites excluding steroid dienone is 1. The summed E-state index contributed by atoms with van der Waals surface area (Å²) < 4.78 is 6.45. The number of ketones is 1. The molecule has 6 aliphatic rings. The summed E-state index contributed by atoms with van der Waals surface area (Å²) in [4.78, 5) is 12.0. The Morgan fingerprint density at radius 2 is 2.08 bits per heavy atom. The zero-order valence-electron chi connectivity index (χ0n) is 15.4. The largest absolute Gasteiger partial charge is 0.366 e. The molecule has 0 aromatic carbocycles. The molecule has 7 unspecified atom stereocenters. The fourth-order valence-corrected chi connectivity index (χ4v) is 8.55. The molecule has 134 valence electrons. The lowest BCUT2D eigenvalue weighted by Gasteiger charge is -2.56. The molecule has 5 aliphatic carbocycles. The molecule has 8 atom stereocenters. The number of fused-ring (bicyclic) bond motifs is 9. The molecule has 6 rings (SSSR count). The Balaban J connectivity index is 1.40. The third-order valence-electron chi connectivity index (χ3n) is 9.45. The number of hydrogen-bond acceptors (Lipinski definition) is 2. The summed E-state index contributed by atoms with van der Waals surface area (Å²) in [6, 6.07) is 0. The molecule has 25 heavy (non-hydrogen) atoms. The highest BCUT2D eigenvalue weighted by atomic mass is 16.5. The van der Waals surface area contributed by atoms with Gasteiger partial charge in [-0.15, -0.1) is 0 Å². The van der Waals surface area contributed by atoms with Gasteiger partial charge in [0.25, 0.3) is 0 Å². The lowest BCUT2D eigenvalue weighted by Crippen LogP contribution is -2.54. The smallest absolute Gasteiger partial charge is 0.155 e. The average Bonchev–Trinajstić information content (AvgIpc) is 3.18. The quantitative estimate of drug-likeness (QED) is 0.648. The normalized spacial score (nSPS) is 55.4. The molecule has 0 bridgehead atoms. The van der Waals surface area contributed by atoms with E-state index < -0.39 is 0 Å². The van der Waals surface area contributed by atoms with Crippen molar-refractivity contribution in [2.45, 2.75) is 63.9 Å². The van der Waals surface area contributed by atoms with Gasteiger partial charge in [0.15, 0.2) is 5.78 Å². The minimum atomic E-state index is 0.0560. The van der Waals surface area contributed by atoms with Crippen molar-refractivity contribution < 1.29 is 9.53 Å². The molecule has 0 saturated heterocycles. The Hall–Kier alpha value is -0.890. The summed E-state index contributed by atoms with van der Waals surface area (Å²) in [6.45, 7) is 3.25. The monoisotopic (exact) mass is 338 g/mol. The van der Waals surface area contributed by atoms with E-state index in [9.17, 15) is 4.79 Å². The number of hydrogen-bond donors (Lipinski definition) is 0. The molecule has 4 saturated carbocycles. The zero-order chi connectivity index (χ0) is 16.8. The molecule has 0 amide bonds. The van der Waals surface area contributed by atoms with Crippen LogP contribution in [0.2, 0.25) is 0 Å². The molecule has 0 radical (unpaired) electrons. The van der Waals surface area contributed by atoms with Gasteiger partial charge in [-0.3, -0.25) is 4.79 Å². The highest BCUT2D eigenvalue weighted by Gasteiger charge is 2.69. The Bertz CT molecular complexity index is 690. The van der Waals surface area contributed by atoms with Crippen LogP contribution in [0.15, 0.2) is 23.8 Å². The molecular formula is C23H30O2. The lowest BCUT2D eigenvalue weighted by molar-refractivity contribution is -0.127. The van der Waals surface area contributed by atoms with Crippen LogP contribution in [0, 0.1) is 40.9 Å². The Kier molecular flexibility index (Phi) is 2.97. The second-order valence-electron chi connectivity index (χ2n) is 9.80. The summed E-state index contributed by atoms with van der Waals surface area (Å²) >= 11 is 0. The van der Waals surface area contributed by atoms with Gasteiger partial charge in [-0.25, -0.2) is 0 Å². The van der Waals surface area contributed by atoms with Crippen LogP contribution >= 0.6 is 0 Å². The Labute approximate surface area is 151 Å². The third-order valence-corrected chi connectivity index (χ3v) is 9.45. The summed E-state index contributed by atoms with van der Waals surface area (Å²) in [5.74, 6) is 5.40. The van der Waals surface area contributed by atoms with Crippen LogP contribution in [-0.4, -0.2) is 18.0 Å². The van der Waals surface area contributed by atoms with Crippen LogP contribution < -0.4 is 0 Å². The molecule has 4 fully saturated rings. The van der Waals surface area contributed by atoms with Crippen molar-refractivity contribution >= 4 is 5.78 Å². The van der Waals surface area contributed by atoms with Crippen LogP contribution in [0.3, 0.4) is 0 Å². The molecule has 1 spiro atoms. The number of carbonyl (C=O) groups is 1. The van der Waals surface area contributed by atoms with Crippen molar-refractivity contribution in [3.63, 3.8) is 0 Å². The first-order chi connectivity index (χ1) is 12.2. The highest BCUT2D eigenvalue weighted by Crippen LogP contribution is 2.73. The maximum Gasteiger partial charge on any atom is 0.155 e. The van der Waals surface area contributed by atoms with E-state index in [1.54, 1.807) is 5.57 Å². The van der Waals surface area contributed by atoms with Crippen molar-refractivity contribution in [1.29, 1.82) is 0 Å². The van der Waals surface area contributed by atoms with E-state index in [0.717, 1.165) is 55.0 Å².